The van der Waals surface area contributed by atoms with Gasteiger partial charge in [0.15, 0.2) is 0 Å². The monoisotopic (exact) mass is 398 g/mol. The second kappa shape index (κ2) is 7.23. The Balaban J connectivity index is 1.56. The molecule has 4 N–H and O–H groups in total. The highest BCUT2D eigenvalue weighted by atomic mass is 32.1. The molecule has 3 aromatic heterocycles. The zero-order valence-electron chi connectivity index (χ0n) is 15.7. The smallest absolute Gasteiger partial charge is 0.313 e. The summed E-state index contributed by atoms with van der Waals surface area (Å²) in [5, 5.41) is 10.7. The summed E-state index contributed by atoms with van der Waals surface area (Å²) in [5.41, 5.74) is 6.92. The number of piperidine rings is 1. The number of pyridine rings is 1. The summed E-state index contributed by atoms with van der Waals surface area (Å²) >= 11 is 1.58. The van der Waals surface area contributed by atoms with E-state index in [1.165, 1.54) is 6.20 Å². The van der Waals surface area contributed by atoms with Crippen LogP contribution >= 0.6 is 11.3 Å². The average molecular weight is 398 g/mol. The van der Waals surface area contributed by atoms with Crippen LogP contribution in [0.4, 0.5) is 11.5 Å². The van der Waals surface area contributed by atoms with Crippen LogP contribution in [-0.2, 0) is 9.59 Å². The van der Waals surface area contributed by atoms with Crippen molar-refractivity contribution in [2.75, 3.05) is 17.6 Å². The number of nitrogens with two attached hydrogens (primary N) is 1. The van der Waals surface area contributed by atoms with Crippen molar-refractivity contribution < 1.29 is 9.59 Å². The highest BCUT2D eigenvalue weighted by molar-refractivity contribution is 7.18. The van der Waals surface area contributed by atoms with Crippen molar-refractivity contribution in [1.82, 2.24) is 20.1 Å². The molecule has 1 aliphatic heterocycles. The van der Waals surface area contributed by atoms with Crippen LogP contribution in [0.2, 0.25) is 0 Å². The number of carbonyl (C=O) groups excluding carboxylic acids is 2. The summed E-state index contributed by atoms with van der Waals surface area (Å²) in [7, 11) is 0. The van der Waals surface area contributed by atoms with E-state index in [0.29, 0.717) is 24.0 Å². The standard InChI is InChI=1S/C19H22N6O2S/c1-10-3-4-14(15-6-12-7-22-24-18(12)28-15)25(9-10)19(27)17(26)23-13-5-11(2)16(20)21-8-13/h5-8,10,14H,3-4,9H2,1-2H3,(H2,20,21)(H,22,24)(H,23,26)/t10-,14+/m0/s1. The SMILES string of the molecule is Cc1cc(NC(=O)C(=O)N2C[C@@H](C)CC[C@@H]2c2cc3cn[nH]c3s2)cnc1N. The Morgan fingerprint density at radius 3 is 2.89 bits per heavy atom. The molecule has 0 bridgehead atoms. The molecule has 8 nitrogen and oxygen atoms in total. The van der Waals surface area contributed by atoms with E-state index < -0.39 is 11.8 Å². The van der Waals surface area contributed by atoms with Crippen molar-refractivity contribution in [2.45, 2.75) is 32.7 Å². The van der Waals surface area contributed by atoms with Gasteiger partial charge in [0.25, 0.3) is 0 Å². The minimum absolute atomic E-state index is 0.105. The van der Waals surface area contributed by atoms with Crippen molar-refractivity contribution in [1.29, 1.82) is 0 Å². The Hall–Kier alpha value is -2.94. The lowest BCUT2D eigenvalue weighted by molar-refractivity contribution is -0.146. The summed E-state index contributed by atoms with van der Waals surface area (Å²) in [6.07, 6.45) is 5.08. The number of nitrogens with zero attached hydrogens (tertiary/aromatic N) is 3. The second-order valence-corrected chi connectivity index (χ2v) is 8.42. The molecule has 0 unspecified atom stereocenters. The summed E-state index contributed by atoms with van der Waals surface area (Å²) in [5.74, 6) is -0.438. The number of thiophene rings is 1. The summed E-state index contributed by atoms with van der Waals surface area (Å²) in [4.78, 5) is 33.4. The second-order valence-electron chi connectivity index (χ2n) is 7.34. The van der Waals surface area contributed by atoms with Gasteiger partial charge >= 0.3 is 11.8 Å². The fourth-order valence-electron chi connectivity index (χ4n) is 3.57. The molecule has 0 aliphatic carbocycles. The molecular weight excluding hydrogens is 376 g/mol. The first-order chi connectivity index (χ1) is 13.4. The number of carbonyl (C=O) groups is 2. The van der Waals surface area contributed by atoms with Gasteiger partial charge in [-0.2, -0.15) is 5.10 Å². The number of hydrogen-bond acceptors (Lipinski definition) is 6. The van der Waals surface area contributed by atoms with Crippen LogP contribution in [-0.4, -0.2) is 38.4 Å². The van der Waals surface area contributed by atoms with E-state index in [1.807, 2.05) is 0 Å². The lowest BCUT2D eigenvalue weighted by Crippen LogP contribution is -2.46. The van der Waals surface area contributed by atoms with E-state index in [-0.39, 0.29) is 6.04 Å². The normalized spacial score (nSPS) is 19.7. The number of rotatable bonds is 2. The number of likely N-dealkylation sites (tertiary alicyclic amines) is 1. The predicted octanol–water partition coefficient (Wildman–Crippen LogP) is 2.85. The fraction of sp³-hybridized carbons (Fsp3) is 0.368. The first kappa shape index (κ1) is 18.4. The van der Waals surface area contributed by atoms with Gasteiger partial charge in [-0.3, -0.25) is 14.7 Å². The molecule has 0 radical (unpaired) electrons. The van der Waals surface area contributed by atoms with Gasteiger partial charge in [0.1, 0.15) is 10.6 Å². The maximum absolute atomic E-state index is 13.0. The van der Waals surface area contributed by atoms with Gasteiger partial charge in [-0.25, -0.2) is 4.98 Å². The van der Waals surface area contributed by atoms with E-state index in [4.69, 9.17) is 5.73 Å². The van der Waals surface area contributed by atoms with Gasteiger partial charge in [0.05, 0.1) is 24.1 Å². The highest BCUT2D eigenvalue weighted by Crippen LogP contribution is 2.38. The maximum Gasteiger partial charge on any atom is 0.313 e. The highest BCUT2D eigenvalue weighted by Gasteiger charge is 2.35. The van der Waals surface area contributed by atoms with Crippen LogP contribution < -0.4 is 11.1 Å². The number of H-pyrrole nitrogens is 1. The molecule has 0 aromatic carbocycles. The molecule has 0 spiro atoms. The Bertz CT molecular complexity index is 1010. The van der Waals surface area contributed by atoms with E-state index in [0.717, 1.165) is 33.5 Å². The topological polar surface area (TPSA) is 117 Å². The van der Waals surface area contributed by atoms with Gasteiger partial charge in [-0.1, -0.05) is 6.92 Å². The number of amides is 2. The maximum atomic E-state index is 13.0. The van der Waals surface area contributed by atoms with Gasteiger partial charge in [0.2, 0.25) is 0 Å². The number of nitrogens with one attached hydrogen (secondary N) is 2. The Morgan fingerprint density at radius 2 is 2.14 bits per heavy atom. The number of nitrogen functional groups attached to an aromatic ring is 1. The lowest BCUT2D eigenvalue weighted by Gasteiger charge is -2.37. The quantitative estimate of drug-likeness (QED) is 0.574. The molecular formula is C19H22N6O2S. The summed E-state index contributed by atoms with van der Waals surface area (Å²) in [6, 6.07) is 3.65. The third-order valence-corrected chi connectivity index (χ3v) is 6.28. The predicted molar refractivity (Wildman–Crippen MR) is 109 cm³/mol. The van der Waals surface area contributed by atoms with E-state index >= 15 is 0 Å². The Kier molecular flexibility index (Phi) is 4.76. The molecule has 146 valence electrons. The fourth-order valence-corrected chi connectivity index (χ4v) is 4.71. The Morgan fingerprint density at radius 1 is 1.32 bits per heavy atom. The molecule has 1 saturated heterocycles. The van der Waals surface area contributed by atoms with Crippen molar-refractivity contribution in [3.05, 3.63) is 35.0 Å². The molecule has 3 aromatic rings. The van der Waals surface area contributed by atoms with Crippen LogP contribution in [0, 0.1) is 12.8 Å². The number of aryl methyl sites for hydroxylation is 1. The zero-order valence-corrected chi connectivity index (χ0v) is 16.5. The number of hydrogen-bond donors (Lipinski definition) is 3. The van der Waals surface area contributed by atoms with E-state index in [2.05, 4.69) is 33.5 Å². The third-order valence-electron chi connectivity index (χ3n) is 5.13. The first-order valence-electron chi connectivity index (χ1n) is 9.19. The van der Waals surface area contributed by atoms with Crippen molar-refractivity contribution in [3.8, 4) is 0 Å². The van der Waals surface area contributed by atoms with Crippen LogP contribution in [0.25, 0.3) is 10.2 Å². The van der Waals surface area contributed by atoms with Crippen LogP contribution in [0.3, 0.4) is 0 Å². The van der Waals surface area contributed by atoms with Crippen molar-refractivity contribution in [3.63, 3.8) is 0 Å². The number of aromatic amines is 1. The average Bonchev–Trinajstić information content (AvgIpc) is 3.26. The molecule has 28 heavy (non-hydrogen) atoms. The Labute approximate surface area is 166 Å². The van der Waals surface area contributed by atoms with Crippen LogP contribution in [0.5, 0.6) is 0 Å². The summed E-state index contributed by atoms with van der Waals surface area (Å²) < 4.78 is 0. The van der Waals surface area contributed by atoms with Crippen molar-refractivity contribution in [2.24, 2.45) is 5.92 Å². The molecule has 2 amide bonds. The zero-order chi connectivity index (χ0) is 19.8. The van der Waals surface area contributed by atoms with Crippen molar-refractivity contribution >= 4 is 44.9 Å². The molecule has 9 heteroatoms. The van der Waals surface area contributed by atoms with Gasteiger partial charge in [-0.05, 0) is 43.4 Å². The first-order valence-corrected chi connectivity index (χ1v) is 10.0. The van der Waals surface area contributed by atoms with Crippen LogP contribution in [0.15, 0.2) is 24.5 Å². The molecule has 0 saturated carbocycles. The minimum atomic E-state index is -0.658. The largest absolute Gasteiger partial charge is 0.383 e. The molecule has 4 heterocycles. The number of fused-ring (bicyclic) bond motifs is 1. The molecule has 1 aliphatic rings. The van der Waals surface area contributed by atoms with E-state index in [9.17, 15) is 9.59 Å². The van der Waals surface area contributed by atoms with E-state index in [1.54, 1.807) is 35.4 Å². The minimum Gasteiger partial charge on any atom is -0.383 e. The van der Waals surface area contributed by atoms with Crippen LogP contribution in [0.1, 0.15) is 36.2 Å². The number of anilines is 2. The molecule has 2 atom stereocenters. The molecule has 4 rings (SSSR count). The van der Waals surface area contributed by atoms with Gasteiger partial charge < -0.3 is 16.0 Å². The number of aromatic nitrogens is 3. The van der Waals surface area contributed by atoms with Gasteiger partial charge in [-0.15, -0.1) is 11.3 Å². The van der Waals surface area contributed by atoms with Gasteiger partial charge in [0, 0.05) is 16.8 Å². The third kappa shape index (κ3) is 3.45. The summed E-state index contributed by atoms with van der Waals surface area (Å²) in [6.45, 7) is 4.46. The molecule has 1 fully saturated rings. The lowest BCUT2D eigenvalue weighted by atomic mass is 9.93.